The monoisotopic (exact) mass is 892 g/mol. The number of piperidine rings is 2. The second-order valence-electron chi connectivity index (χ2n) is 19.3. The molecule has 2 atom stereocenters. The SMILES string of the molecule is C[C@@]1(O)CC/C=C\Cn2c(=O)c3cnc(Nc4ccc(N5CCN(C6CCC7(CC6)CCN(c6cnc8c(c6)C(=O)N(C6CCC(=O)NC6=O)C8)CC7)CC5)cc4)nc3n2-c2cccc1n2. The van der Waals surface area contributed by atoms with Crippen molar-refractivity contribution in [2.75, 3.05) is 54.4 Å². The number of anilines is 4. The number of aromatic nitrogens is 6. The van der Waals surface area contributed by atoms with E-state index in [0.717, 1.165) is 63.5 Å². The first-order valence-electron chi connectivity index (χ1n) is 23.6. The van der Waals surface area contributed by atoms with Gasteiger partial charge in [0.2, 0.25) is 17.8 Å². The molecule has 17 heteroatoms. The standard InChI is InChI=1S/C49H56N12O5/c1-48(66)16-3-2-4-21-60-46(65)37-30-51-47(55-43(37)61(60)41-7-5-6-40(48)53-41)52-32-8-10-33(11-9-32)57-24-26-58(27-25-57)34-14-17-49(18-15-34)19-22-56(23-20-49)35-28-36-38(50-29-35)31-59(45(36)64)39-12-13-42(62)54-44(39)63/h2,4-11,28-30,34,39,66H,3,12-27,31H2,1H3,(H,51,52,55)(H,54,62,63)/b4-2-/t39?,48-/m1/s1. The molecule has 1 saturated carbocycles. The van der Waals surface area contributed by atoms with Gasteiger partial charge in [0.25, 0.3) is 11.5 Å². The van der Waals surface area contributed by atoms with Crippen molar-refractivity contribution in [1.82, 2.24) is 44.4 Å². The van der Waals surface area contributed by atoms with Gasteiger partial charge in [0.15, 0.2) is 11.5 Å². The van der Waals surface area contributed by atoms with Gasteiger partial charge in [0.1, 0.15) is 17.0 Å². The smallest absolute Gasteiger partial charge is 0.278 e. The highest BCUT2D eigenvalue weighted by molar-refractivity contribution is 6.05. The fourth-order valence-electron chi connectivity index (χ4n) is 11.2. The molecule has 0 radical (unpaired) electrons. The van der Waals surface area contributed by atoms with Crippen LogP contribution in [-0.2, 0) is 28.3 Å². The van der Waals surface area contributed by atoms with Gasteiger partial charge in [-0.3, -0.25) is 34.4 Å². The summed E-state index contributed by atoms with van der Waals surface area (Å²) in [6.07, 6.45) is 16.3. The summed E-state index contributed by atoms with van der Waals surface area (Å²) in [4.78, 5) is 79.1. The van der Waals surface area contributed by atoms with Crippen molar-refractivity contribution < 1.29 is 19.5 Å². The van der Waals surface area contributed by atoms with E-state index >= 15 is 0 Å². The summed E-state index contributed by atoms with van der Waals surface area (Å²) in [5, 5.41) is 17.3. The first-order valence-corrected chi connectivity index (χ1v) is 23.6. The highest BCUT2D eigenvalue weighted by Gasteiger charge is 2.42. The van der Waals surface area contributed by atoms with Gasteiger partial charge < -0.3 is 25.1 Å². The average Bonchev–Trinajstić information content (AvgIpc) is 3.80. The number of hydrogen-bond donors (Lipinski definition) is 3. The molecular weight excluding hydrogens is 837 g/mol. The van der Waals surface area contributed by atoms with Crippen molar-refractivity contribution >= 4 is 51.8 Å². The third-order valence-electron chi connectivity index (χ3n) is 15.3. The van der Waals surface area contributed by atoms with Crippen LogP contribution < -0.4 is 26.0 Å². The van der Waals surface area contributed by atoms with Gasteiger partial charge in [-0.1, -0.05) is 18.2 Å². The largest absolute Gasteiger partial charge is 0.384 e. The lowest BCUT2D eigenvalue weighted by atomic mass is 9.66. The lowest BCUT2D eigenvalue weighted by molar-refractivity contribution is -0.136. The van der Waals surface area contributed by atoms with Crippen LogP contribution in [0.3, 0.4) is 0 Å². The third kappa shape index (κ3) is 7.80. The molecule has 2 bridgehead atoms. The van der Waals surface area contributed by atoms with E-state index in [0.29, 0.717) is 83.6 Å². The Labute approximate surface area is 382 Å². The zero-order valence-electron chi connectivity index (χ0n) is 37.4. The average molecular weight is 893 g/mol. The number of nitrogens with one attached hydrogen (secondary N) is 2. The number of piperazine rings is 1. The zero-order valence-corrected chi connectivity index (χ0v) is 37.4. The number of fused-ring (bicyclic) bond motifs is 7. The molecular formula is C49H56N12O5. The molecule has 3 N–H and O–H groups in total. The summed E-state index contributed by atoms with van der Waals surface area (Å²) in [5.74, 6) is 0.00687. The second-order valence-corrected chi connectivity index (χ2v) is 19.3. The topological polar surface area (TPSA) is 187 Å². The third-order valence-corrected chi connectivity index (χ3v) is 15.3. The van der Waals surface area contributed by atoms with Crippen LogP contribution in [0.4, 0.5) is 23.0 Å². The minimum absolute atomic E-state index is 0.177. The van der Waals surface area contributed by atoms with Crippen molar-refractivity contribution in [3.8, 4) is 5.82 Å². The molecule has 3 saturated heterocycles. The summed E-state index contributed by atoms with van der Waals surface area (Å²) in [6.45, 7) is 8.31. The van der Waals surface area contributed by atoms with Crippen LogP contribution in [-0.4, -0.2) is 113 Å². The molecule has 4 fully saturated rings. The molecule has 1 spiro atoms. The Morgan fingerprint density at radius 2 is 1.58 bits per heavy atom. The Hall–Kier alpha value is -6.46. The number of carbonyl (C=O) groups is 3. The molecule has 66 heavy (non-hydrogen) atoms. The number of amides is 3. The van der Waals surface area contributed by atoms with E-state index in [1.165, 1.54) is 31.4 Å². The second kappa shape index (κ2) is 16.8. The minimum Gasteiger partial charge on any atom is -0.384 e. The van der Waals surface area contributed by atoms with E-state index in [2.05, 4.69) is 47.4 Å². The van der Waals surface area contributed by atoms with Crippen LogP contribution in [0.1, 0.15) is 92.9 Å². The Balaban J connectivity index is 0.676. The maximum Gasteiger partial charge on any atom is 0.278 e. The van der Waals surface area contributed by atoms with Gasteiger partial charge in [-0.05, 0) is 113 Å². The normalized spacial score (nSPS) is 24.2. The number of carbonyl (C=O) groups excluding carboxylic acids is 3. The van der Waals surface area contributed by atoms with Gasteiger partial charge in [-0.25, -0.2) is 19.3 Å². The predicted molar refractivity (Wildman–Crippen MR) is 249 cm³/mol. The van der Waals surface area contributed by atoms with Gasteiger partial charge in [-0.2, -0.15) is 4.98 Å². The summed E-state index contributed by atoms with van der Waals surface area (Å²) < 4.78 is 3.33. The fraction of sp³-hybridized carbons (Fsp3) is 0.469. The highest BCUT2D eigenvalue weighted by atomic mass is 16.3. The molecule has 1 unspecified atom stereocenters. The molecule has 4 aromatic heterocycles. The van der Waals surface area contributed by atoms with E-state index in [1.807, 2.05) is 54.7 Å². The number of allylic oxidation sites excluding steroid dienone is 2. The molecule has 1 aliphatic carbocycles. The number of rotatable bonds is 6. The maximum atomic E-state index is 13.6. The fourth-order valence-corrected chi connectivity index (χ4v) is 11.2. The number of imide groups is 1. The van der Waals surface area contributed by atoms with Gasteiger partial charge in [-0.15, -0.1) is 0 Å². The number of pyridine rings is 2. The molecule has 6 aliphatic rings. The van der Waals surface area contributed by atoms with E-state index in [-0.39, 0.29) is 23.8 Å². The number of benzene rings is 1. The molecule has 342 valence electrons. The van der Waals surface area contributed by atoms with Gasteiger partial charge >= 0.3 is 0 Å². The summed E-state index contributed by atoms with van der Waals surface area (Å²) in [5.41, 5.74) is 4.28. The molecule has 11 rings (SSSR count). The van der Waals surface area contributed by atoms with Crippen molar-refractivity contribution in [1.29, 1.82) is 0 Å². The van der Waals surface area contributed by atoms with E-state index in [1.54, 1.807) is 27.4 Å². The van der Waals surface area contributed by atoms with Crippen LogP contribution in [0.2, 0.25) is 0 Å². The molecule has 3 amide bonds. The maximum absolute atomic E-state index is 13.6. The molecule has 17 nitrogen and oxygen atoms in total. The lowest BCUT2D eigenvalue weighted by Gasteiger charge is -2.49. The minimum atomic E-state index is -1.12. The van der Waals surface area contributed by atoms with E-state index in [9.17, 15) is 24.3 Å². The predicted octanol–water partition coefficient (Wildman–Crippen LogP) is 4.79. The Morgan fingerprint density at radius 1 is 0.803 bits per heavy atom. The van der Waals surface area contributed by atoms with Crippen molar-refractivity contribution in [2.45, 2.75) is 102 Å². The Bertz CT molecular complexity index is 2790. The number of hydrogen-bond acceptors (Lipinski definition) is 13. The Morgan fingerprint density at radius 3 is 2.35 bits per heavy atom. The summed E-state index contributed by atoms with van der Waals surface area (Å²) in [6, 6.07) is 15.8. The van der Waals surface area contributed by atoms with Crippen molar-refractivity contribution in [2.24, 2.45) is 5.41 Å². The quantitative estimate of drug-likeness (QED) is 0.156. The van der Waals surface area contributed by atoms with Crippen LogP contribution in [0, 0.1) is 5.41 Å². The molecule has 5 aliphatic heterocycles. The van der Waals surface area contributed by atoms with E-state index in [4.69, 9.17) is 9.97 Å². The van der Waals surface area contributed by atoms with E-state index < -0.39 is 17.6 Å². The van der Waals surface area contributed by atoms with Gasteiger partial charge in [0, 0.05) is 69.3 Å². The summed E-state index contributed by atoms with van der Waals surface area (Å²) in [7, 11) is 0. The zero-order chi connectivity index (χ0) is 45.2. The molecule has 1 aromatic carbocycles. The number of aliphatic hydroxyl groups is 1. The first kappa shape index (κ1) is 42.2. The lowest BCUT2D eigenvalue weighted by Crippen LogP contribution is -2.52. The Kier molecular flexibility index (Phi) is 10.7. The van der Waals surface area contributed by atoms with Crippen LogP contribution in [0.15, 0.2) is 77.9 Å². The van der Waals surface area contributed by atoms with Crippen molar-refractivity contribution in [3.63, 3.8) is 0 Å². The van der Waals surface area contributed by atoms with Crippen LogP contribution >= 0.6 is 0 Å². The van der Waals surface area contributed by atoms with Crippen LogP contribution in [0.25, 0.3) is 16.9 Å². The van der Waals surface area contributed by atoms with Crippen LogP contribution in [0.5, 0.6) is 0 Å². The highest BCUT2D eigenvalue weighted by Crippen LogP contribution is 2.46. The summed E-state index contributed by atoms with van der Waals surface area (Å²) >= 11 is 0. The molecule has 9 heterocycles. The molecule has 5 aromatic rings. The van der Waals surface area contributed by atoms with Crippen molar-refractivity contribution in [3.05, 3.63) is 100 Å². The first-order chi connectivity index (χ1) is 32.0. The number of nitrogens with zero attached hydrogens (tertiary/aromatic N) is 10. The van der Waals surface area contributed by atoms with Gasteiger partial charge in [0.05, 0.1) is 41.9 Å².